The number of amides is 1. The van der Waals surface area contributed by atoms with Gasteiger partial charge in [0.15, 0.2) is 10.8 Å². The van der Waals surface area contributed by atoms with Gasteiger partial charge in [0.2, 0.25) is 0 Å². The van der Waals surface area contributed by atoms with Crippen LogP contribution in [0.15, 0.2) is 18.2 Å². The highest BCUT2D eigenvalue weighted by Crippen LogP contribution is 2.38. The van der Waals surface area contributed by atoms with Crippen molar-refractivity contribution >= 4 is 29.0 Å². The monoisotopic (exact) mass is 510 g/mol. The van der Waals surface area contributed by atoms with Gasteiger partial charge in [-0.15, -0.1) is 11.3 Å². The Balaban J connectivity index is 1.65. The molecular formula is C29H38N2O4S. The number of carbonyl (C=O) groups excluding carboxylic acids is 3. The van der Waals surface area contributed by atoms with E-state index in [1.807, 2.05) is 12.1 Å². The molecule has 0 saturated heterocycles. The van der Waals surface area contributed by atoms with Crippen LogP contribution in [0.2, 0.25) is 0 Å². The molecule has 1 aromatic heterocycles. The Morgan fingerprint density at radius 2 is 1.78 bits per heavy atom. The number of hydrogen-bond donors (Lipinski definition) is 1. The van der Waals surface area contributed by atoms with Crippen molar-refractivity contribution in [2.24, 2.45) is 11.8 Å². The molecule has 2 aromatic rings. The van der Waals surface area contributed by atoms with E-state index in [2.05, 4.69) is 32.2 Å². The molecule has 36 heavy (non-hydrogen) atoms. The molecule has 0 bridgehead atoms. The van der Waals surface area contributed by atoms with Crippen LogP contribution >= 0.6 is 11.3 Å². The van der Waals surface area contributed by atoms with Crippen molar-refractivity contribution < 1.29 is 19.1 Å². The summed E-state index contributed by atoms with van der Waals surface area (Å²) in [4.78, 5) is 43.1. The number of ketones is 1. The lowest BCUT2D eigenvalue weighted by molar-refractivity contribution is -0.149. The summed E-state index contributed by atoms with van der Waals surface area (Å²) in [5, 5.41) is 3.50. The van der Waals surface area contributed by atoms with E-state index in [9.17, 15) is 14.4 Å². The van der Waals surface area contributed by atoms with E-state index >= 15 is 0 Å². The third-order valence-corrected chi connectivity index (χ3v) is 8.72. The number of aromatic nitrogens is 1. The van der Waals surface area contributed by atoms with E-state index in [0.29, 0.717) is 29.3 Å². The molecular weight excluding hydrogens is 472 g/mol. The topological polar surface area (TPSA) is 85.4 Å². The molecule has 194 valence electrons. The van der Waals surface area contributed by atoms with Gasteiger partial charge in [0, 0.05) is 11.6 Å². The lowest BCUT2D eigenvalue weighted by Gasteiger charge is -2.33. The lowest BCUT2D eigenvalue weighted by Crippen LogP contribution is -2.47. The summed E-state index contributed by atoms with van der Waals surface area (Å²) in [6.45, 7) is 8.03. The van der Waals surface area contributed by atoms with Gasteiger partial charge in [-0.25, -0.2) is 4.98 Å². The molecule has 0 spiro atoms. The Labute approximate surface area is 218 Å². The molecule has 2 aliphatic rings. The number of benzene rings is 1. The summed E-state index contributed by atoms with van der Waals surface area (Å²) in [6, 6.07) is 6.04. The van der Waals surface area contributed by atoms with Gasteiger partial charge in [-0.2, -0.15) is 0 Å². The van der Waals surface area contributed by atoms with Gasteiger partial charge < -0.3 is 10.1 Å². The zero-order valence-electron chi connectivity index (χ0n) is 22.1. The molecule has 4 rings (SSSR count). The third-order valence-electron chi connectivity index (χ3n) is 7.57. The molecule has 1 N–H and O–H groups in total. The fourth-order valence-corrected chi connectivity index (χ4v) is 6.20. The van der Waals surface area contributed by atoms with Gasteiger partial charge in [0.1, 0.15) is 0 Å². The van der Waals surface area contributed by atoms with E-state index in [1.54, 1.807) is 6.92 Å². The molecule has 0 atom stereocenters. The highest BCUT2D eigenvalue weighted by Gasteiger charge is 2.37. The largest absolute Gasteiger partial charge is 0.469 e. The summed E-state index contributed by atoms with van der Waals surface area (Å²) >= 11 is 1.41. The van der Waals surface area contributed by atoms with Crippen LogP contribution in [0.3, 0.4) is 0 Å². The molecule has 2 aliphatic carbocycles. The minimum absolute atomic E-state index is 0.0313. The van der Waals surface area contributed by atoms with Gasteiger partial charge in [-0.05, 0) is 66.8 Å². The van der Waals surface area contributed by atoms with E-state index < -0.39 is 0 Å². The van der Waals surface area contributed by atoms with Crippen LogP contribution < -0.4 is 5.32 Å². The maximum atomic E-state index is 13.2. The first-order chi connectivity index (χ1) is 17.0. The number of esters is 1. The molecule has 6 nitrogen and oxygen atoms in total. The van der Waals surface area contributed by atoms with Gasteiger partial charge in [0.05, 0.1) is 23.6 Å². The molecule has 2 fully saturated rings. The maximum absolute atomic E-state index is 13.2. The summed E-state index contributed by atoms with van der Waals surface area (Å²) in [7, 11) is 1.39. The zero-order valence-corrected chi connectivity index (χ0v) is 22.9. The summed E-state index contributed by atoms with van der Waals surface area (Å²) in [5.41, 5.74) is 3.58. The summed E-state index contributed by atoms with van der Waals surface area (Å²) in [5.74, 6) is 0.0547. The van der Waals surface area contributed by atoms with Crippen LogP contribution in [0, 0.1) is 11.8 Å². The van der Waals surface area contributed by atoms with E-state index in [0.717, 1.165) is 28.1 Å². The first kappa shape index (κ1) is 26.5. The van der Waals surface area contributed by atoms with Crippen LogP contribution in [0.1, 0.15) is 104 Å². The summed E-state index contributed by atoms with van der Waals surface area (Å²) in [6.07, 6.45) is 8.21. The number of nitrogens with zero attached hydrogens (tertiary/aromatic N) is 1. The molecule has 1 amide bonds. The van der Waals surface area contributed by atoms with Gasteiger partial charge in [-0.3, -0.25) is 14.4 Å². The van der Waals surface area contributed by atoms with Gasteiger partial charge in [0.25, 0.3) is 5.91 Å². The predicted octanol–water partition coefficient (Wildman–Crippen LogP) is 6.11. The normalized spacial score (nSPS) is 20.5. The fourth-order valence-electron chi connectivity index (χ4n) is 5.21. The Morgan fingerprint density at radius 3 is 2.39 bits per heavy atom. The molecule has 1 aromatic carbocycles. The molecule has 7 heteroatoms. The number of ether oxygens (including phenoxy) is 1. The zero-order chi connectivity index (χ0) is 26.0. The highest BCUT2D eigenvalue weighted by atomic mass is 32.1. The molecule has 0 unspecified atom stereocenters. The van der Waals surface area contributed by atoms with E-state index in [1.165, 1.54) is 50.6 Å². The van der Waals surface area contributed by atoms with E-state index in [-0.39, 0.29) is 35.0 Å². The number of rotatable bonds is 7. The van der Waals surface area contributed by atoms with Crippen molar-refractivity contribution in [2.75, 3.05) is 7.11 Å². The second kappa shape index (κ2) is 10.8. The van der Waals surface area contributed by atoms with Gasteiger partial charge >= 0.3 is 5.97 Å². The standard InChI is InChI=1S/C29H38N2O4S/c1-17(32)19-12-20(14-22(13-19)29(2,3)4)25-24(11-18-9-7-6-8-10-18)31-27(36-25)26(33)30-23-15-21(16-23)28(34)35-5/h12-14,18,21,23H,6-11,15-16H2,1-5H3,(H,30,33). The molecule has 0 aliphatic heterocycles. The van der Waals surface area contributed by atoms with Crippen molar-refractivity contribution in [3.8, 4) is 10.4 Å². The van der Waals surface area contributed by atoms with Crippen molar-refractivity contribution in [2.45, 2.75) is 90.5 Å². The number of thiazole rings is 1. The van der Waals surface area contributed by atoms with Gasteiger partial charge in [-0.1, -0.05) is 52.9 Å². The average molecular weight is 511 g/mol. The SMILES string of the molecule is COC(=O)C1CC(NC(=O)c2nc(CC3CCCCC3)c(-c3cc(C(C)=O)cc(C(C)(C)C)c3)s2)C1. The Kier molecular flexibility index (Phi) is 7.98. The summed E-state index contributed by atoms with van der Waals surface area (Å²) < 4.78 is 4.81. The number of hydrogen-bond acceptors (Lipinski definition) is 6. The second-order valence-corrected chi connectivity index (χ2v) is 12.5. The second-order valence-electron chi connectivity index (χ2n) is 11.5. The Morgan fingerprint density at radius 1 is 1.08 bits per heavy atom. The number of methoxy groups -OCH3 is 1. The third kappa shape index (κ3) is 6.05. The van der Waals surface area contributed by atoms with Crippen LogP contribution in [-0.2, 0) is 21.4 Å². The highest BCUT2D eigenvalue weighted by molar-refractivity contribution is 7.17. The van der Waals surface area contributed by atoms with Crippen LogP contribution in [0.4, 0.5) is 0 Å². The van der Waals surface area contributed by atoms with Crippen LogP contribution in [0.5, 0.6) is 0 Å². The Bertz CT molecular complexity index is 1130. The smallest absolute Gasteiger partial charge is 0.308 e. The minimum Gasteiger partial charge on any atom is -0.469 e. The fraction of sp³-hybridized carbons (Fsp3) is 0.586. The quantitative estimate of drug-likeness (QED) is 0.359. The average Bonchev–Trinajstić information content (AvgIpc) is 3.24. The first-order valence-electron chi connectivity index (χ1n) is 13.1. The first-order valence-corrected chi connectivity index (χ1v) is 13.9. The molecule has 2 saturated carbocycles. The maximum Gasteiger partial charge on any atom is 0.308 e. The number of Topliss-reactive ketones (excluding diaryl/α,β-unsaturated/α-hetero) is 1. The van der Waals surface area contributed by atoms with Crippen molar-refractivity contribution in [3.63, 3.8) is 0 Å². The van der Waals surface area contributed by atoms with Crippen LogP contribution in [0.25, 0.3) is 10.4 Å². The lowest BCUT2D eigenvalue weighted by atomic mass is 9.80. The predicted molar refractivity (Wildman–Crippen MR) is 143 cm³/mol. The van der Waals surface area contributed by atoms with Crippen molar-refractivity contribution in [3.05, 3.63) is 40.0 Å². The molecule has 1 heterocycles. The molecule has 0 radical (unpaired) electrons. The Hall–Kier alpha value is -2.54. The number of carbonyl (C=O) groups is 3. The van der Waals surface area contributed by atoms with Crippen molar-refractivity contribution in [1.82, 2.24) is 10.3 Å². The number of nitrogens with one attached hydrogen (secondary N) is 1. The van der Waals surface area contributed by atoms with Crippen LogP contribution in [-0.4, -0.2) is 35.8 Å². The van der Waals surface area contributed by atoms with E-state index in [4.69, 9.17) is 9.72 Å². The van der Waals surface area contributed by atoms with Crippen molar-refractivity contribution in [1.29, 1.82) is 0 Å². The minimum atomic E-state index is -0.216.